The second-order valence-corrected chi connectivity index (χ2v) is 5.65. The number of nitrogens with zero attached hydrogens (tertiary/aromatic N) is 2. The Bertz CT molecular complexity index is 774. The molecule has 1 fully saturated rings. The van der Waals surface area contributed by atoms with E-state index in [1.54, 1.807) is 30.5 Å². The normalized spacial score (nSPS) is 20.0. The molecule has 0 saturated carbocycles. The highest BCUT2D eigenvalue weighted by atomic mass is 79.9. The van der Waals surface area contributed by atoms with Crippen LogP contribution in [-0.4, -0.2) is 21.8 Å². The zero-order chi connectivity index (χ0) is 15.7. The number of aromatic nitrogens is 1. The van der Waals surface area contributed by atoms with Gasteiger partial charge >= 0.3 is 5.91 Å². The minimum Gasteiger partial charge on any atom is -0.515 e. The maximum atomic E-state index is 12.3. The summed E-state index contributed by atoms with van der Waals surface area (Å²) in [6.07, 6.45) is 2.25. The molecular weight excluding hydrogens is 348 g/mol. The van der Waals surface area contributed by atoms with Crippen molar-refractivity contribution in [3.05, 3.63) is 70.5 Å². The van der Waals surface area contributed by atoms with Crippen molar-refractivity contribution in [1.82, 2.24) is 4.98 Å². The molecule has 0 radical (unpaired) electrons. The molecule has 6 heteroatoms. The molecule has 22 heavy (non-hydrogen) atoms. The highest BCUT2D eigenvalue weighted by Gasteiger charge is 2.45. The number of halogens is 1. The third-order valence-corrected chi connectivity index (χ3v) is 3.93. The van der Waals surface area contributed by atoms with Crippen LogP contribution in [0.1, 0.15) is 11.6 Å². The molecule has 1 aromatic carbocycles. The van der Waals surface area contributed by atoms with Gasteiger partial charge in [-0.25, -0.2) is 4.98 Å². The average Bonchev–Trinajstić information content (AvgIpc) is 2.79. The van der Waals surface area contributed by atoms with E-state index in [2.05, 4.69) is 20.9 Å². The van der Waals surface area contributed by atoms with E-state index in [0.717, 1.165) is 10.0 Å². The lowest BCUT2D eigenvalue weighted by molar-refractivity contribution is -0.132. The summed E-state index contributed by atoms with van der Waals surface area (Å²) in [5.74, 6) is -1.09. The second kappa shape index (κ2) is 5.73. The Labute approximate surface area is 135 Å². The van der Waals surface area contributed by atoms with Crippen molar-refractivity contribution in [3.8, 4) is 0 Å². The predicted molar refractivity (Wildman–Crippen MR) is 84.3 cm³/mol. The summed E-state index contributed by atoms with van der Waals surface area (Å²) in [5, 5.41) is 9.41. The van der Waals surface area contributed by atoms with Gasteiger partial charge in [0.05, 0.1) is 17.9 Å². The van der Waals surface area contributed by atoms with E-state index in [-0.39, 0.29) is 5.57 Å². The number of hydrogen-bond donors (Lipinski definition) is 1. The Morgan fingerprint density at radius 1 is 1.18 bits per heavy atom. The number of carbonyl (C=O) groups is 2. The van der Waals surface area contributed by atoms with Crippen LogP contribution >= 0.6 is 15.9 Å². The van der Waals surface area contributed by atoms with Crippen molar-refractivity contribution < 1.29 is 14.7 Å². The van der Waals surface area contributed by atoms with Gasteiger partial charge in [-0.05, 0) is 17.7 Å². The predicted octanol–water partition coefficient (Wildman–Crippen LogP) is 2.94. The van der Waals surface area contributed by atoms with Crippen LogP contribution in [0.15, 0.2) is 65.0 Å². The molecule has 3 rings (SSSR count). The second-order valence-electron chi connectivity index (χ2n) is 4.73. The maximum Gasteiger partial charge on any atom is 0.301 e. The third-order valence-electron chi connectivity index (χ3n) is 3.44. The van der Waals surface area contributed by atoms with Crippen LogP contribution in [0.5, 0.6) is 0 Å². The van der Waals surface area contributed by atoms with Gasteiger partial charge < -0.3 is 5.11 Å². The molecule has 1 aliphatic heterocycles. The molecule has 2 heterocycles. The molecule has 1 saturated heterocycles. The molecule has 110 valence electrons. The van der Waals surface area contributed by atoms with Crippen LogP contribution < -0.4 is 4.90 Å². The van der Waals surface area contributed by atoms with Crippen LogP contribution in [0.25, 0.3) is 0 Å². The molecule has 0 aliphatic carbocycles. The molecule has 5 nitrogen and oxygen atoms in total. The van der Waals surface area contributed by atoms with E-state index in [4.69, 9.17) is 0 Å². The van der Waals surface area contributed by atoms with E-state index >= 15 is 0 Å². The Hall–Kier alpha value is -2.47. The van der Waals surface area contributed by atoms with Gasteiger partial charge in [0.1, 0.15) is 5.82 Å². The lowest BCUT2D eigenvalue weighted by Crippen LogP contribution is -2.30. The summed E-state index contributed by atoms with van der Waals surface area (Å²) in [7, 11) is 0. The lowest BCUT2D eigenvalue weighted by Gasteiger charge is -2.23. The number of ketones is 1. The fourth-order valence-corrected chi connectivity index (χ4v) is 2.79. The van der Waals surface area contributed by atoms with Crippen molar-refractivity contribution in [1.29, 1.82) is 0 Å². The number of benzene rings is 1. The zero-order valence-electron chi connectivity index (χ0n) is 11.3. The van der Waals surface area contributed by atoms with Gasteiger partial charge in [0.25, 0.3) is 5.78 Å². The molecule has 1 unspecified atom stereocenters. The topological polar surface area (TPSA) is 70.5 Å². The fourth-order valence-electron chi connectivity index (χ4n) is 2.47. The van der Waals surface area contributed by atoms with Crippen LogP contribution in [-0.2, 0) is 9.59 Å². The van der Waals surface area contributed by atoms with Gasteiger partial charge in [-0.3, -0.25) is 14.5 Å². The highest BCUT2D eigenvalue weighted by Crippen LogP contribution is 2.38. The van der Waals surface area contributed by atoms with Gasteiger partial charge in [0.15, 0.2) is 0 Å². The van der Waals surface area contributed by atoms with Gasteiger partial charge in [-0.2, -0.15) is 0 Å². The van der Waals surface area contributed by atoms with Crippen molar-refractivity contribution in [2.24, 2.45) is 0 Å². The monoisotopic (exact) mass is 358 g/mol. The third kappa shape index (κ3) is 2.31. The summed E-state index contributed by atoms with van der Waals surface area (Å²) < 4.78 is 0.742. The first-order valence-electron chi connectivity index (χ1n) is 6.52. The number of aliphatic hydroxyl groups excluding tert-OH is 1. The summed E-state index contributed by atoms with van der Waals surface area (Å²) in [4.78, 5) is 29.9. The summed E-state index contributed by atoms with van der Waals surface area (Å²) in [5.41, 5.74) is 0.766. The maximum absolute atomic E-state index is 12.3. The molecular formula is C16H11BrN2O3. The van der Waals surface area contributed by atoms with E-state index in [1.165, 1.54) is 4.90 Å². The number of Topliss-reactive ketones (excluding diaryl/α,β-unsaturated/α-hetero) is 1. The molecule has 0 bridgehead atoms. The quantitative estimate of drug-likeness (QED) is 0.509. The summed E-state index contributed by atoms with van der Waals surface area (Å²) in [6.45, 7) is 0. The van der Waals surface area contributed by atoms with Crippen molar-refractivity contribution in [2.45, 2.75) is 6.04 Å². The number of hydrogen-bond acceptors (Lipinski definition) is 4. The minimum atomic E-state index is -0.724. The molecule has 0 spiro atoms. The van der Waals surface area contributed by atoms with E-state index in [0.29, 0.717) is 12.1 Å². The molecule has 2 aromatic rings. The van der Waals surface area contributed by atoms with Crippen LogP contribution in [0.3, 0.4) is 0 Å². The first kappa shape index (κ1) is 14.5. The first-order chi connectivity index (χ1) is 10.6. The first-order valence-corrected chi connectivity index (χ1v) is 7.31. The number of amides is 1. The fraction of sp³-hybridized carbons (Fsp3) is 0.0625. The van der Waals surface area contributed by atoms with Crippen molar-refractivity contribution in [2.75, 3.05) is 4.90 Å². The Morgan fingerprint density at radius 2 is 1.91 bits per heavy atom. The van der Waals surface area contributed by atoms with E-state index in [1.807, 2.05) is 18.2 Å². The lowest BCUT2D eigenvalue weighted by atomic mass is 10.00. The molecule has 1 aliphatic rings. The van der Waals surface area contributed by atoms with Gasteiger partial charge in [0, 0.05) is 10.7 Å². The Morgan fingerprint density at radius 3 is 2.55 bits per heavy atom. The molecule has 1 N–H and O–H groups in total. The van der Waals surface area contributed by atoms with Crippen LogP contribution in [0.2, 0.25) is 0 Å². The molecule has 1 amide bonds. The van der Waals surface area contributed by atoms with Gasteiger partial charge in [-0.1, -0.05) is 46.3 Å². The number of anilines is 1. The number of aliphatic hydroxyl groups is 1. The molecule has 1 aromatic heterocycles. The van der Waals surface area contributed by atoms with Crippen LogP contribution in [0, 0.1) is 0 Å². The standard InChI is InChI=1S/C16H11BrN2O3/c17-11-6-7-18-13(8-11)19-14(10-4-2-1-3-5-10)12(9-20)15(21)16(19)22/h1-9,14,20H. The van der Waals surface area contributed by atoms with Crippen molar-refractivity contribution >= 4 is 33.4 Å². The minimum absolute atomic E-state index is 0.0398. The molecule has 1 atom stereocenters. The highest BCUT2D eigenvalue weighted by molar-refractivity contribution is 9.10. The SMILES string of the molecule is O=C1C(=O)N(c2cc(Br)ccn2)C(c2ccccc2)C1=CO. The largest absolute Gasteiger partial charge is 0.515 e. The van der Waals surface area contributed by atoms with E-state index < -0.39 is 17.7 Å². The van der Waals surface area contributed by atoms with Gasteiger partial charge in [0.2, 0.25) is 0 Å². The van der Waals surface area contributed by atoms with Crippen molar-refractivity contribution in [3.63, 3.8) is 0 Å². The summed E-state index contributed by atoms with van der Waals surface area (Å²) in [6, 6.07) is 11.7. The number of pyridine rings is 1. The summed E-state index contributed by atoms with van der Waals surface area (Å²) >= 11 is 3.33. The number of carbonyl (C=O) groups excluding carboxylic acids is 2. The van der Waals surface area contributed by atoms with E-state index in [9.17, 15) is 14.7 Å². The number of rotatable bonds is 2. The Balaban J connectivity index is 2.17. The zero-order valence-corrected chi connectivity index (χ0v) is 12.9. The van der Waals surface area contributed by atoms with Crippen LogP contribution in [0.4, 0.5) is 5.82 Å². The smallest absolute Gasteiger partial charge is 0.301 e. The Kier molecular flexibility index (Phi) is 3.77. The van der Waals surface area contributed by atoms with Gasteiger partial charge in [-0.15, -0.1) is 0 Å². The average molecular weight is 359 g/mol.